The standard InChI is InChI=1S/C23H22BrN5OS/c1-14-5-10-21(15(2)11-14)29-23(25-26-27-29)31-13-22(30)20-12-16(3)28(17(20)4)19-8-6-18(24)7-9-19/h5-12H,13H2,1-4H3. The fourth-order valence-electron chi connectivity index (χ4n) is 3.70. The Kier molecular flexibility index (Phi) is 6.11. The van der Waals surface area contributed by atoms with Gasteiger partial charge in [-0.1, -0.05) is 45.4 Å². The maximum atomic E-state index is 13.1. The third-order valence-electron chi connectivity index (χ3n) is 5.17. The number of rotatable bonds is 6. The molecule has 0 amide bonds. The van der Waals surface area contributed by atoms with Crippen molar-refractivity contribution in [2.75, 3.05) is 5.75 Å². The van der Waals surface area contributed by atoms with Crippen LogP contribution in [0.25, 0.3) is 11.4 Å². The predicted molar refractivity (Wildman–Crippen MR) is 127 cm³/mol. The molecule has 158 valence electrons. The Balaban J connectivity index is 1.55. The summed E-state index contributed by atoms with van der Waals surface area (Å²) in [6.45, 7) is 8.07. The van der Waals surface area contributed by atoms with Gasteiger partial charge in [-0.25, -0.2) is 0 Å². The third-order valence-corrected chi connectivity index (χ3v) is 6.62. The Morgan fingerprint density at radius 2 is 1.77 bits per heavy atom. The van der Waals surface area contributed by atoms with E-state index in [9.17, 15) is 4.79 Å². The quantitative estimate of drug-likeness (QED) is 0.263. The highest BCUT2D eigenvalue weighted by Gasteiger charge is 2.19. The van der Waals surface area contributed by atoms with Crippen molar-refractivity contribution in [3.05, 3.63) is 81.1 Å². The van der Waals surface area contributed by atoms with E-state index in [0.717, 1.165) is 38.4 Å². The summed E-state index contributed by atoms with van der Waals surface area (Å²) < 4.78 is 4.81. The van der Waals surface area contributed by atoms with Crippen LogP contribution in [-0.4, -0.2) is 36.3 Å². The molecular weight excluding hydrogens is 474 g/mol. The molecule has 0 saturated carbocycles. The number of aromatic nitrogens is 5. The van der Waals surface area contributed by atoms with Crippen molar-refractivity contribution in [3.8, 4) is 11.4 Å². The zero-order valence-electron chi connectivity index (χ0n) is 17.8. The molecule has 2 aromatic heterocycles. The topological polar surface area (TPSA) is 65.6 Å². The van der Waals surface area contributed by atoms with E-state index < -0.39 is 0 Å². The number of hydrogen-bond acceptors (Lipinski definition) is 5. The van der Waals surface area contributed by atoms with E-state index in [4.69, 9.17) is 0 Å². The third kappa shape index (κ3) is 4.36. The van der Waals surface area contributed by atoms with Crippen molar-refractivity contribution in [1.82, 2.24) is 24.8 Å². The van der Waals surface area contributed by atoms with E-state index in [1.54, 1.807) is 4.68 Å². The molecule has 0 aliphatic heterocycles. The zero-order chi connectivity index (χ0) is 22.1. The highest BCUT2D eigenvalue weighted by molar-refractivity contribution is 9.10. The van der Waals surface area contributed by atoms with Gasteiger partial charge in [0, 0.05) is 27.1 Å². The number of carbonyl (C=O) groups is 1. The van der Waals surface area contributed by atoms with E-state index in [-0.39, 0.29) is 11.5 Å². The molecule has 0 fully saturated rings. The van der Waals surface area contributed by atoms with Gasteiger partial charge in [-0.3, -0.25) is 4.79 Å². The van der Waals surface area contributed by atoms with E-state index in [1.807, 2.05) is 63.2 Å². The zero-order valence-corrected chi connectivity index (χ0v) is 20.2. The molecule has 31 heavy (non-hydrogen) atoms. The van der Waals surface area contributed by atoms with Crippen LogP contribution in [0.3, 0.4) is 0 Å². The van der Waals surface area contributed by atoms with E-state index >= 15 is 0 Å². The molecule has 4 rings (SSSR count). The van der Waals surface area contributed by atoms with Crippen LogP contribution in [0, 0.1) is 27.7 Å². The van der Waals surface area contributed by atoms with Gasteiger partial charge in [0.15, 0.2) is 5.78 Å². The summed E-state index contributed by atoms with van der Waals surface area (Å²) in [5.41, 5.74) is 6.88. The number of Topliss-reactive ketones (excluding diaryl/α,β-unsaturated/α-hetero) is 1. The van der Waals surface area contributed by atoms with Gasteiger partial charge >= 0.3 is 0 Å². The van der Waals surface area contributed by atoms with Crippen LogP contribution in [-0.2, 0) is 0 Å². The van der Waals surface area contributed by atoms with Gasteiger partial charge in [-0.2, -0.15) is 4.68 Å². The Hall–Kier alpha value is -2.71. The number of halogens is 1. The number of aryl methyl sites for hydroxylation is 3. The second-order valence-corrected chi connectivity index (χ2v) is 9.33. The normalized spacial score (nSPS) is 11.1. The van der Waals surface area contributed by atoms with Crippen LogP contribution < -0.4 is 0 Å². The van der Waals surface area contributed by atoms with Crippen molar-refractivity contribution in [2.45, 2.75) is 32.9 Å². The highest BCUT2D eigenvalue weighted by atomic mass is 79.9. The van der Waals surface area contributed by atoms with Crippen molar-refractivity contribution in [3.63, 3.8) is 0 Å². The van der Waals surface area contributed by atoms with Crippen LogP contribution in [0.1, 0.15) is 32.9 Å². The molecule has 0 radical (unpaired) electrons. The molecule has 2 heterocycles. The Morgan fingerprint density at radius 1 is 1.03 bits per heavy atom. The SMILES string of the molecule is Cc1ccc(-n2nnnc2SCC(=O)c2cc(C)n(-c3ccc(Br)cc3)c2C)c(C)c1. The maximum Gasteiger partial charge on any atom is 0.214 e. The van der Waals surface area contributed by atoms with Crippen LogP contribution >= 0.6 is 27.7 Å². The molecule has 0 unspecified atom stereocenters. The molecule has 8 heteroatoms. The van der Waals surface area contributed by atoms with Gasteiger partial charge < -0.3 is 4.57 Å². The van der Waals surface area contributed by atoms with Crippen molar-refractivity contribution >= 4 is 33.5 Å². The lowest BCUT2D eigenvalue weighted by molar-refractivity contribution is 0.102. The smallest absolute Gasteiger partial charge is 0.214 e. The summed E-state index contributed by atoms with van der Waals surface area (Å²) >= 11 is 4.82. The monoisotopic (exact) mass is 495 g/mol. The van der Waals surface area contributed by atoms with Gasteiger partial charge in [0.2, 0.25) is 5.16 Å². The number of hydrogen-bond donors (Lipinski definition) is 0. The first-order valence-corrected chi connectivity index (χ1v) is 11.6. The largest absolute Gasteiger partial charge is 0.318 e. The molecule has 0 saturated heterocycles. The number of thioether (sulfide) groups is 1. The Morgan fingerprint density at radius 3 is 2.48 bits per heavy atom. The molecule has 0 bridgehead atoms. The highest BCUT2D eigenvalue weighted by Crippen LogP contribution is 2.26. The predicted octanol–water partition coefficient (Wildman–Crippen LogP) is 5.42. The molecule has 0 aliphatic carbocycles. The fraction of sp³-hybridized carbons (Fsp3) is 0.217. The summed E-state index contributed by atoms with van der Waals surface area (Å²) in [5.74, 6) is 0.312. The first-order valence-electron chi connectivity index (χ1n) is 9.82. The van der Waals surface area contributed by atoms with Gasteiger partial charge in [0.1, 0.15) is 0 Å². The summed E-state index contributed by atoms with van der Waals surface area (Å²) in [6.07, 6.45) is 0. The first kappa shape index (κ1) is 21.5. The summed E-state index contributed by atoms with van der Waals surface area (Å²) in [7, 11) is 0. The molecule has 0 N–H and O–H groups in total. The number of benzene rings is 2. The lowest BCUT2D eigenvalue weighted by Crippen LogP contribution is -2.07. The summed E-state index contributed by atoms with van der Waals surface area (Å²) in [4.78, 5) is 13.1. The molecule has 4 aromatic rings. The van der Waals surface area contributed by atoms with Crippen LogP contribution in [0.5, 0.6) is 0 Å². The minimum Gasteiger partial charge on any atom is -0.318 e. The first-order chi connectivity index (χ1) is 14.8. The molecular formula is C23H22BrN5OS. The average molecular weight is 496 g/mol. The number of ketones is 1. The van der Waals surface area contributed by atoms with Crippen LogP contribution in [0.4, 0.5) is 0 Å². The molecule has 6 nitrogen and oxygen atoms in total. The van der Waals surface area contributed by atoms with Crippen LogP contribution in [0.15, 0.2) is 58.2 Å². The van der Waals surface area contributed by atoms with Gasteiger partial charge in [-0.05, 0) is 80.1 Å². The minimum absolute atomic E-state index is 0.0524. The number of carbonyl (C=O) groups excluding carboxylic acids is 1. The number of nitrogens with zero attached hydrogens (tertiary/aromatic N) is 5. The number of tetrazole rings is 1. The molecule has 0 aliphatic rings. The maximum absolute atomic E-state index is 13.1. The molecule has 0 spiro atoms. The molecule has 0 atom stereocenters. The van der Waals surface area contributed by atoms with Crippen molar-refractivity contribution in [2.24, 2.45) is 0 Å². The van der Waals surface area contributed by atoms with Gasteiger partial charge in [-0.15, -0.1) is 5.10 Å². The van der Waals surface area contributed by atoms with Crippen LogP contribution in [0.2, 0.25) is 0 Å². The van der Waals surface area contributed by atoms with Crippen molar-refractivity contribution < 1.29 is 4.79 Å². The van der Waals surface area contributed by atoms with Crippen molar-refractivity contribution in [1.29, 1.82) is 0 Å². The van der Waals surface area contributed by atoms with E-state index in [1.165, 1.54) is 17.3 Å². The second-order valence-electron chi connectivity index (χ2n) is 7.47. The summed E-state index contributed by atoms with van der Waals surface area (Å²) in [5, 5.41) is 12.7. The lowest BCUT2D eigenvalue weighted by atomic mass is 10.1. The summed E-state index contributed by atoms with van der Waals surface area (Å²) in [6, 6.07) is 16.1. The molecule has 2 aromatic carbocycles. The van der Waals surface area contributed by atoms with E-state index in [2.05, 4.69) is 49.0 Å². The fourth-order valence-corrected chi connectivity index (χ4v) is 4.73. The second kappa shape index (κ2) is 8.80. The minimum atomic E-state index is 0.0524. The Labute approximate surface area is 193 Å². The average Bonchev–Trinajstić information content (AvgIpc) is 3.31. The Bertz CT molecular complexity index is 1260. The van der Waals surface area contributed by atoms with Gasteiger partial charge in [0.25, 0.3) is 0 Å². The van der Waals surface area contributed by atoms with Gasteiger partial charge in [0.05, 0.1) is 11.4 Å². The van der Waals surface area contributed by atoms with E-state index in [0.29, 0.717) is 5.16 Å². The lowest BCUT2D eigenvalue weighted by Gasteiger charge is -2.10.